The lowest BCUT2D eigenvalue weighted by molar-refractivity contribution is -0.231. The molecule has 10 atom stereocenters. The Labute approximate surface area is 231 Å². The van der Waals surface area contributed by atoms with Crippen LogP contribution in [-0.4, -0.2) is 25.2 Å². The van der Waals surface area contributed by atoms with Crippen LogP contribution in [0.15, 0.2) is 0 Å². The molecule has 0 N–H and O–H groups in total. The molecule has 0 heterocycles. The zero-order valence-electron chi connectivity index (χ0n) is 25.2. The molecular formula is C34H52O4. The van der Waals surface area contributed by atoms with Crippen LogP contribution in [0.5, 0.6) is 0 Å². The van der Waals surface area contributed by atoms with Gasteiger partial charge in [0.05, 0.1) is 18.9 Å². The Hall–Kier alpha value is -1.50. The van der Waals surface area contributed by atoms with Gasteiger partial charge in [-0.1, -0.05) is 40.0 Å². The van der Waals surface area contributed by atoms with E-state index in [1.54, 1.807) is 13.8 Å². The summed E-state index contributed by atoms with van der Waals surface area (Å²) in [5.74, 6) is 5.82. The molecule has 5 fully saturated rings. The molecule has 0 bridgehead atoms. The van der Waals surface area contributed by atoms with Crippen molar-refractivity contribution >= 4 is 11.9 Å². The summed E-state index contributed by atoms with van der Waals surface area (Å²) < 4.78 is 11.0. The third kappa shape index (κ3) is 3.83. The minimum absolute atomic E-state index is 0.0604. The highest BCUT2D eigenvalue weighted by atomic mass is 16.5. The molecule has 4 nitrogen and oxygen atoms in total. The topological polar surface area (TPSA) is 52.6 Å². The van der Waals surface area contributed by atoms with Gasteiger partial charge in [0.1, 0.15) is 6.10 Å². The molecule has 212 valence electrons. The van der Waals surface area contributed by atoms with E-state index in [9.17, 15) is 9.59 Å². The first-order chi connectivity index (χ1) is 17.8. The minimum Gasteiger partial charge on any atom is -0.469 e. The van der Waals surface area contributed by atoms with Gasteiger partial charge in [-0.15, -0.1) is 6.42 Å². The Morgan fingerprint density at radius 1 is 0.895 bits per heavy atom. The maximum atomic E-state index is 12.9. The lowest BCUT2D eigenvalue weighted by Gasteiger charge is -2.71. The SMILES string of the molecule is C#C[C@]12CCCC1C1CCC3[C@@]4(C)CC[C@H](OC(=O)CC(C)(C)C(=O)OC)[C@H](C)C4CC[C@@]3(C)[C@]1(C)CC2. The highest BCUT2D eigenvalue weighted by molar-refractivity contribution is 5.82. The number of terminal acetylenes is 1. The molecule has 0 radical (unpaired) electrons. The molecule has 38 heavy (non-hydrogen) atoms. The van der Waals surface area contributed by atoms with Crippen molar-refractivity contribution < 1.29 is 19.1 Å². The maximum absolute atomic E-state index is 12.9. The molecule has 0 aromatic rings. The summed E-state index contributed by atoms with van der Waals surface area (Å²) in [6.45, 7) is 13.7. The van der Waals surface area contributed by atoms with Crippen LogP contribution in [0.4, 0.5) is 0 Å². The summed E-state index contributed by atoms with van der Waals surface area (Å²) in [6, 6.07) is 0. The minimum atomic E-state index is -0.866. The number of hydrogen-bond acceptors (Lipinski definition) is 4. The van der Waals surface area contributed by atoms with E-state index in [4.69, 9.17) is 15.9 Å². The van der Waals surface area contributed by atoms with Crippen LogP contribution in [0.2, 0.25) is 0 Å². The van der Waals surface area contributed by atoms with Crippen LogP contribution in [0.25, 0.3) is 0 Å². The van der Waals surface area contributed by atoms with Gasteiger partial charge < -0.3 is 9.47 Å². The molecule has 4 unspecified atom stereocenters. The smallest absolute Gasteiger partial charge is 0.311 e. The van der Waals surface area contributed by atoms with Gasteiger partial charge in [0, 0.05) is 5.41 Å². The summed E-state index contributed by atoms with van der Waals surface area (Å²) in [5, 5.41) is 0. The van der Waals surface area contributed by atoms with Crippen LogP contribution in [-0.2, 0) is 19.1 Å². The number of esters is 2. The first kappa shape index (κ1) is 28.0. The fourth-order valence-electron chi connectivity index (χ4n) is 11.5. The summed E-state index contributed by atoms with van der Waals surface area (Å²) >= 11 is 0. The van der Waals surface area contributed by atoms with E-state index in [0.717, 1.165) is 24.7 Å². The second-order valence-corrected chi connectivity index (χ2v) is 15.5. The highest BCUT2D eigenvalue weighted by Gasteiger charge is 2.68. The Morgan fingerprint density at radius 3 is 2.32 bits per heavy atom. The monoisotopic (exact) mass is 524 g/mol. The van der Waals surface area contributed by atoms with E-state index in [1.807, 2.05) is 0 Å². The average Bonchev–Trinajstić information content (AvgIpc) is 3.30. The number of methoxy groups -OCH3 is 1. The van der Waals surface area contributed by atoms with E-state index in [2.05, 4.69) is 33.6 Å². The fourth-order valence-corrected chi connectivity index (χ4v) is 11.5. The van der Waals surface area contributed by atoms with Crippen molar-refractivity contribution in [1.82, 2.24) is 0 Å². The Balaban J connectivity index is 1.33. The van der Waals surface area contributed by atoms with E-state index >= 15 is 0 Å². The molecule has 0 spiro atoms. The molecule has 5 aliphatic carbocycles. The van der Waals surface area contributed by atoms with Crippen molar-refractivity contribution in [2.24, 2.45) is 56.7 Å². The lowest BCUT2D eigenvalue weighted by Crippen LogP contribution is -2.65. The summed E-state index contributed by atoms with van der Waals surface area (Å²) in [6.07, 6.45) is 19.8. The van der Waals surface area contributed by atoms with Gasteiger partial charge in [-0.3, -0.25) is 9.59 Å². The number of carbonyl (C=O) groups is 2. The largest absolute Gasteiger partial charge is 0.469 e. The van der Waals surface area contributed by atoms with Crippen molar-refractivity contribution in [2.75, 3.05) is 7.11 Å². The second-order valence-electron chi connectivity index (χ2n) is 15.5. The molecule has 0 saturated heterocycles. The molecule has 0 aromatic heterocycles. The number of ether oxygens (including phenoxy) is 2. The molecule has 5 saturated carbocycles. The zero-order valence-corrected chi connectivity index (χ0v) is 25.2. The van der Waals surface area contributed by atoms with Crippen LogP contribution < -0.4 is 0 Å². The second kappa shape index (κ2) is 9.27. The predicted molar refractivity (Wildman–Crippen MR) is 150 cm³/mol. The fraction of sp³-hybridized carbons (Fsp3) is 0.882. The lowest BCUT2D eigenvalue weighted by atomic mass is 9.33. The highest BCUT2D eigenvalue weighted by Crippen LogP contribution is 2.75. The van der Waals surface area contributed by atoms with Gasteiger partial charge in [0.25, 0.3) is 0 Å². The van der Waals surface area contributed by atoms with Crippen molar-refractivity contribution in [3.05, 3.63) is 0 Å². The number of hydrogen-bond donors (Lipinski definition) is 0. The van der Waals surface area contributed by atoms with Crippen LogP contribution >= 0.6 is 0 Å². The van der Waals surface area contributed by atoms with Gasteiger partial charge >= 0.3 is 11.9 Å². The van der Waals surface area contributed by atoms with E-state index in [0.29, 0.717) is 28.6 Å². The van der Waals surface area contributed by atoms with Gasteiger partial charge in [-0.25, -0.2) is 0 Å². The number of fused-ring (bicyclic) bond motifs is 7. The van der Waals surface area contributed by atoms with Crippen LogP contribution in [0.3, 0.4) is 0 Å². The zero-order chi connectivity index (χ0) is 27.7. The summed E-state index contributed by atoms with van der Waals surface area (Å²) in [5.41, 5.74) is 0.303. The molecule has 5 rings (SSSR count). The van der Waals surface area contributed by atoms with Crippen molar-refractivity contribution in [3.8, 4) is 12.3 Å². The molecular weight excluding hydrogens is 472 g/mol. The third-order valence-corrected chi connectivity index (χ3v) is 13.8. The van der Waals surface area contributed by atoms with Crippen molar-refractivity contribution in [3.63, 3.8) is 0 Å². The predicted octanol–water partition coefficient (Wildman–Crippen LogP) is 7.59. The molecule has 4 heteroatoms. The third-order valence-electron chi connectivity index (χ3n) is 13.8. The van der Waals surface area contributed by atoms with Gasteiger partial charge in [0.15, 0.2) is 0 Å². The summed E-state index contributed by atoms with van der Waals surface area (Å²) in [7, 11) is 1.37. The molecule has 0 amide bonds. The Kier molecular flexibility index (Phi) is 6.84. The standard InChI is InChI=1S/C34H52O4/c1-9-34-16-10-11-25(34)24-12-13-27-31(5)17-15-26(38-28(35)21-30(3,4)29(36)37-8)22(2)23(31)14-18-33(27,7)32(24,6)19-20-34/h1,22-27H,10-21H2,2-8H3/t22-,23?,24?,25?,26+,27?,31+,32-,33-,34-/m1/s1. The van der Waals surface area contributed by atoms with Crippen LogP contribution in [0, 0.1) is 69.0 Å². The van der Waals surface area contributed by atoms with Crippen molar-refractivity contribution in [1.29, 1.82) is 0 Å². The number of rotatable bonds is 4. The van der Waals surface area contributed by atoms with Gasteiger partial charge in [-0.2, -0.15) is 0 Å². The van der Waals surface area contributed by atoms with Crippen LogP contribution in [0.1, 0.15) is 119 Å². The Morgan fingerprint density at radius 2 is 1.63 bits per heavy atom. The molecule has 5 aliphatic rings. The van der Waals surface area contributed by atoms with E-state index in [1.165, 1.54) is 64.9 Å². The molecule has 0 aromatic carbocycles. The quantitative estimate of drug-likeness (QED) is 0.281. The van der Waals surface area contributed by atoms with Crippen molar-refractivity contribution in [2.45, 2.75) is 125 Å². The average molecular weight is 525 g/mol. The Bertz CT molecular complexity index is 1010. The summed E-state index contributed by atoms with van der Waals surface area (Å²) in [4.78, 5) is 25.0. The number of carbonyl (C=O) groups excluding carboxylic acids is 2. The van der Waals surface area contributed by atoms with E-state index in [-0.39, 0.29) is 35.3 Å². The first-order valence-corrected chi connectivity index (χ1v) is 15.5. The maximum Gasteiger partial charge on any atom is 0.311 e. The van der Waals surface area contributed by atoms with E-state index < -0.39 is 5.41 Å². The first-order valence-electron chi connectivity index (χ1n) is 15.5. The normalized spacial score (nSPS) is 47.9. The van der Waals surface area contributed by atoms with Gasteiger partial charge in [-0.05, 0) is 124 Å². The molecule has 0 aliphatic heterocycles. The van der Waals surface area contributed by atoms with Gasteiger partial charge in [0.2, 0.25) is 0 Å².